The third-order valence-electron chi connectivity index (χ3n) is 2.68. The van der Waals surface area contributed by atoms with E-state index in [9.17, 15) is 8.42 Å². The van der Waals surface area contributed by atoms with Crippen LogP contribution in [0.15, 0.2) is 23.3 Å². The second-order valence-corrected chi connectivity index (χ2v) is 5.85. The van der Waals surface area contributed by atoms with Gasteiger partial charge in [0.05, 0.1) is 11.5 Å². The molecule has 0 N–H and O–H groups in total. The molecule has 0 atom stereocenters. The lowest BCUT2D eigenvalue weighted by Crippen LogP contribution is -2.03. The molecule has 0 aromatic rings. The normalized spacial score (nSPS) is 29.2. The third kappa shape index (κ3) is 2.02. The van der Waals surface area contributed by atoms with Gasteiger partial charge in [0.1, 0.15) is 0 Å². The summed E-state index contributed by atoms with van der Waals surface area (Å²) in [6.07, 6.45) is 8.24. The quantitative estimate of drug-likeness (QED) is 0.557. The lowest BCUT2D eigenvalue weighted by molar-refractivity contribution is 0.602. The fourth-order valence-electron chi connectivity index (χ4n) is 2.03. The van der Waals surface area contributed by atoms with E-state index in [2.05, 4.69) is 12.2 Å². The summed E-state index contributed by atoms with van der Waals surface area (Å²) in [5.41, 5.74) is 2.40. The van der Waals surface area contributed by atoms with Crippen LogP contribution in [0.3, 0.4) is 0 Å². The molecule has 72 valence electrons. The number of rotatable bonds is 0. The van der Waals surface area contributed by atoms with Crippen LogP contribution in [0.1, 0.15) is 25.7 Å². The van der Waals surface area contributed by atoms with Crippen molar-refractivity contribution in [2.45, 2.75) is 25.7 Å². The summed E-state index contributed by atoms with van der Waals surface area (Å²) in [5, 5.41) is 0. The van der Waals surface area contributed by atoms with E-state index in [0.29, 0.717) is 11.5 Å². The molecule has 0 radical (unpaired) electrons. The molecule has 0 spiro atoms. The van der Waals surface area contributed by atoms with Crippen LogP contribution in [0.2, 0.25) is 0 Å². The predicted molar refractivity (Wildman–Crippen MR) is 53.3 cm³/mol. The summed E-state index contributed by atoms with van der Waals surface area (Å²) in [6, 6.07) is 0. The summed E-state index contributed by atoms with van der Waals surface area (Å²) in [6.45, 7) is 0. The van der Waals surface area contributed by atoms with Gasteiger partial charge in [-0.05, 0) is 25.7 Å². The molecular formula is C10H14O2S. The first-order chi connectivity index (χ1) is 6.17. The monoisotopic (exact) mass is 198 g/mol. The molecule has 1 heterocycles. The largest absolute Gasteiger partial charge is 0.228 e. The van der Waals surface area contributed by atoms with Gasteiger partial charge in [0, 0.05) is 0 Å². The van der Waals surface area contributed by atoms with Gasteiger partial charge in [0.15, 0.2) is 9.84 Å². The first-order valence-corrected chi connectivity index (χ1v) is 6.55. The molecule has 0 saturated carbocycles. The first-order valence-electron chi connectivity index (χ1n) is 4.72. The molecule has 0 aromatic carbocycles. The molecule has 3 heteroatoms. The molecule has 0 bridgehead atoms. The lowest BCUT2D eigenvalue weighted by atomic mass is 9.99. The molecule has 0 aromatic heterocycles. The van der Waals surface area contributed by atoms with Crippen LogP contribution < -0.4 is 0 Å². The number of hydrogen-bond donors (Lipinski definition) is 0. The van der Waals surface area contributed by atoms with Crippen LogP contribution in [0.4, 0.5) is 0 Å². The molecule has 1 aliphatic carbocycles. The molecule has 2 rings (SSSR count). The van der Waals surface area contributed by atoms with Crippen LogP contribution in [-0.2, 0) is 9.84 Å². The van der Waals surface area contributed by atoms with Gasteiger partial charge in [-0.25, -0.2) is 8.42 Å². The van der Waals surface area contributed by atoms with Crippen molar-refractivity contribution >= 4 is 9.84 Å². The predicted octanol–water partition coefficient (Wildman–Crippen LogP) is 1.84. The van der Waals surface area contributed by atoms with Crippen molar-refractivity contribution < 1.29 is 8.42 Å². The molecule has 0 amide bonds. The molecule has 1 aliphatic heterocycles. The maximum atomic E-state index is 11.4. The van der Waals surface area contributed by atoms with Gasteiger partial charge in [-0.15, -0.1) is 0 Å². The molecule has 13 heavy (non-hydrogen) atoms. The second kappa shape index (κ2) is 3.29. The fraction of sp³-hybridized carbons (Fsp3) is 0.600. The van der Waals surface area contributed by atoms with Crippen molar-refractivity contribution in [1.29, 1.82) is 0 Å². The van der Waals surface area contributed by atoms with Crippen LogP contribution in [-0.4, -0.2) is 19.9 Å². The van der Waals surface area contributed by atoms with Gasteiger partial charge in [0.2, 0.25) is 0 Å². The van der Waals surface area contributed by atoms with Crippen LogP contribution in [0.5, 0.6) is 0 Å². The fourth-order valence-corrected chi connectivity index (χ4v) is 3.90. The SMILES string of the molecule is O=S1(=O)CC2=C(CC/C=C\CC2)C1. The Balaban J connectivity index is 2.20. The first kappa shape index (κ1) is 9.00. The Morgan fingerprint density at radius 2 is 1.38 bits per heavy atom. The Labute approximate surface area is 79.3 Å². The lowest BCUT2D eigenvalue weighted by Gasteiger charge is -2.05. The van der Waals surface area contributed by atoms with Crippen LogP contribution in [0.25, 0.3) is 0 Å². The molecular weight excluding hydrogens is 184 g/mol. The van der Waals surface area contributed by atoms with Gasteiger partial charge in [-0.3, -0.25) is 0 Å². The number of sulfone groups is 1. The third-order valence-corrected chi connectivity index (χ3v) is 4.26. The van der Waals surface area contributed by atoms with Gasteiger partial charge in [0.25, 0.3) is 0 Å². The van der Waals surface area contributed by atoms with Crippen molar-refractivity contribution in [2.75, 3.05) is 11.5 Å². The Morgan fingerprint density at radius 3 is 1.85 bits per heavy atom. The zero-order chi connectivity index (χ0) is 9.31. The van der Waals surface area contributed by atoms with E-state index in [0.717, 1.165) is 25.7 Å². The maximum Gasteiger partial charge on any atom is 0.157 e. The van der Waals surface area contributed by atoms with E-state index in [1.807, 2.05) is 0 Å². The van der Waals surface area contributed by atoms with Crippen molar-refractivity contribution in [1.82, 2.24) is 0 Å². The smallest absolute Gasteiger partial charge is 0.157 e. The molecule has 0 unspecified atom stereocenters. The minimum atomic E-state index is -2.76. The van der Waals surface area contributed by atoms with Crippen molar-refractivity contribution in [2.24, 2.45) is 0 Å². The molecule has 0 fully saturated rings. The van der Waals surface area contributed by atoms with E-state index in [4.69, 9.17) is 0 Å². The second-order valence-electron chi connectivity index (χ2n) is 3.79. The summed E-state index contributed by atoms with van der Waals surface area (Å²) in [7, 11) is -2.76. The van der Waals surface area contributed by atoms with Crippen LogP contribution >= 0.6 is 0 Å². The van der Waals surface area contributed by atoms with E-state index < -0.39 is 9.84 Å². The van der Waals surface area contributed by atoms with E-state index in [1.54, 1.807) is 0 Å². The van der Waals surface area contributed by atoms with E-state index >= 15 is 0 Å². The summed E-state index contributed by atoms with van der Waals surface area (Å²) >= 11 is 0. The van der Waals surface area contributed by atoms with Gasteiger partial charge >= 0.3 is 0 Å². The minimum absolute atomic E-state index is 0.330. The summed E-state index contributed by atoms with van der Waals surface area (Å²) < 4.78 is 22.7. The van der Waals surface area contributed by atoms with Gasteiger partial charge < -0.3 is 0 Å². The van der Waals surface area contributed by atoms with Crippen molar-refractivity contribution in [3.63, 3.8) is 0 Å². The standard InChI is InChI=1S/C10H14O2S/c11-13(12)7-9-5-3-1-2-4-6-10(9)8-13/h1-2H,3-8H2/b2-1-. The summed E-state index contributed by atoms with van der Waals surface area (Å²) in [5.74, 6) is 0.659. The zero-order valence-corrected chi connectivity index (χ0v) is 8.44. The van der Waals surface area contributed by atoms with E-state index in [1.165, 1.54) is 11.1 Å². The highest BCUT2D eigenvalue weighted by atomic mass is 32.2. The Morgan fingerprint density at radius 1 is 0.923 bits per heavy atom. The Bertz CT molecular complexity index is 332. The molecule has 2 aliphatic rings. The molecule has 2 nitrogen and oxygen atoms in total. The Hall–Kier alpha value is -0.570. The minimum Gasteiger partial charge on any atom is -0.228 e. The number of hydrogen-bond acceptors (Lipinski definition) is 2. The topological polar surface area (TPSA) is 34.1 Å². The van der Waals surface area contributed by atoms with Gasteiger partial charge in [-0.2, -0.15) is 0 Å². The average molecular weight is 198 g/mol. The average Bonchev–Trinajstić information content (AvgIpc) is 2.27. The van der Waals surface area contributed by atoms with Crippen molar-refractivity contribution in [3.05, 3.63) is 23.3 Å². The highest BCUT2D eigenvalue weighted by molar-refractivity contribution is 7.92. The van der Waals surface area contributed by atoms with Crippen molar-refractivity contribution in [3.8, 4) is 0 Å². The molecule has 0 saturated heterocycles. The van der Waals surface area contributed by atoms with Crippen LogP contribution in [0, 0.1) is 0 Å². The van der Waals surface area contributed by atoms with E-state index in [-0.39, 0.29) is 0 Å². The highest BCUT2D eigenvalue weighted by Gasteiger charge is 2.26. The van der Waals surface area contributed by atoms with Gasteiger partial charge in [-0.1, -0.05) is 23.3 Å². The number of allylic oxidation sites excluding steroid dienone is 2. The highest BCUT2D eigenvalue weighted by Crippen LogP contribution is 2.28. The Kier molecular flexibility index (Phi) is 2.28. The summed E-state index contributed by atoms with van der Waals surface area (Å²) in [4.78, 5) is 0. The maximum absolute atomic E-state index is 11.4. The zero-order valence-electron chi connectivity index (χ0n) is 7.62.